The highest BCUT2D eigenvalue weighted by atomic mass is 19.2. The lowest BCUT2D eigenvalue weighted by atomic mass is 9.93. The van der Waals surface area contributed by atoms with E-state index in [0.717, 1.165) is 31.4 Å². The van der Waals surface area contributed by atoms with Gasteiger partial charge in [-0.15, -0.1) is 0 Å². The quantitative estimate of drug-likeness (QED) is 0.573. The van der Waals surface area contributed by atoms with Gasteiger partial charge in [0.2, 0.25) is 11.8 Å². The fraction of sp³-hybridized carbons (Fsp3) is 0.300. The average molecular weight is 418 g/mol. The Balaban J connectivity index is 1.66. The summed E-state index contributed by atoms with van der Waals surface area (Å²) < 4.78 is 47.5. The Morgan fingerprint density at radius 2 is 1.93 bits per heavy atom. The Labute approximate surface area is 170 Å². The number of nitrogens with one attached hydrogen (secondary N) is 1. The molecule has 3 N–H and O–H groups in total. The number of fused-ring (bicyclic) bond motifs is 1. The van der Waals surface area contributed by atoms with E-state index in [2.05, 4.69) is 15.3 Å². The smallest absolute Gasteiger partial charge is 0.239 e. The van der Waals surface area contributed by atoms with Crippen LogP contribution < -0.4 is 15.8 Å². The van der Waals surface area contributed by atoms with Crippen molar-refractivity contribution in [2.24, 2.45) is 5.73 Å². The molecule has 30 heavy (non-hydrogen) atoms. The van der Waals surface area contributed by atoms with Crippen LogP contribution in [-0.4, -0.2) is 20.4 Å². The van der Waals surface area contributed by atoms with Crippen LogP contribution in [0.3, 0.4) is 0 Å². The lowest BCUT2D eigenvalue weighted by Crippen LogP contribution is -2.32. The Bertz CT molecular complexity index is 1090. The molecule has 0 spiro atoms. The maximum Gasteiger partial charge on any atom is 0.239 e. The van der Waals surface area contributed by atoms with Crippen LogP contribution >= 0.6 is 0 Å². The Morgan fingerprint density at radius 3 is 2.53 bits per heavy atom. The normalized spacial score (nSPS) is 14.3. The summed E-state index contributed by atoms with van der Waals surface area (Å²) in [5.41, 5.74) is 6.42. The van der Waals surface area contributed by atoms with Crippen LogP contribution in [0.25, 0.3) is 11.2 Å². The van der Waals surface area contributed by atoms with Gasteiger partial charge in [-0.3, -0.25) is 10.1 Å². The van der Waals surface area contributed by atoms with E-state index in [1.807, 2.05) is 4.57 Å². The van der Waals surface area contributed by atoms with Crippen LogP contribution in [0.1, 0.15) is 38.1 Å². The molecule has 3 aromatic rings. The van der Waals surface area contributed by atoms with Gasteiger partial charge in [0.05, 0.1) is 6.54 Å². The highest BCUT2D eigenvalue weighted by Crippen LogP contribution is 2.36. The number of halogens is 3. The highest BCUT2D eigenvalue weighted by Gasteiger charge is 2.26. The molecular formula is C20H19F3N5O2. The second-order valence-corrected chi connectivity index (χ2v) is 7.12. The lowest BCUT2D eigenvalue weighted by molar-refractivity contribution is -0.116. The van der Waals surface area contributed by atoms with Crippen LogP contribution in [0, 0.1) is 23.5 Å². The number of nitrogens with two attached hydrogens (primary N) is 1. The number of carbonyl (C=O) groups is 1. The topological polar surface area (TPSA) is 95.1 Å². The van der Waals surface area contributed by atoms with Gasteiger partial charge in [-0.1, -0.05) is 0 Å². The maximum absolute atomic E-state index is 13.5. The van der Waals surface area contributed by atoms with Crippen molar-refractivity contribution in [2.75, 3.05) is 0 Å². The SMILES string of the molecule is C[C](NCc1nc2ccc(Oc3cc(F)c(F)c(F)c3)nc2n1C1CCC1)C(N)=O. The average Bonchev–Trinajstić information content (AvgIpc) is 3.00. The number of nitrogens with zero attached hydrogens (tertiary/aromatic N) is 3. The molecule has 1 amide bonds. The molecule has 1 aliphatic carbocycles. The number of amides is 1. The third-order valence-electron chi connectivity index (χ3n) is 5.09. The molecule has 1 radical (unpaired) electrons. The number of hydrogen-bond acceptors (Lipinski definition) is 5. The monoisotopic (exact) mass is 418 g/mol. The maximum atomic E-state index is 13.5. The molecule has 4 rings (SSSR count). The summed E-state index contributed by atoms with van der Waals surface area (Å²) in [5.74, 6) is -4.24. The summed E-state index contributed by atoms with van der Waals surface area (Å²) in [7, 11) is 0. The van der Waals surface area contributed by atoms with Gasteiger partial charge >= 0.3 is 0 Å². The molecule has 0 atom stereocenters. The number of rotatable bonds is 7. The molecule has 2 aromatic heterocycles. The van der Waals surface area contributed by atoms with Gasteiger partial charge in [-0.05, 0) is 32.3 Å². The number of pyridine rings is 1. The molecule has 1 saturated carbocycles. The van der Waals surface area contributed by atoms with Crippen LogP contribution in [0.2, 0.25) is 0 Å². The van der Waals surface area contributed by atoms with Crippen molar-refractivity contribution >= 4 is 17.1 Å². The molecule has 0 bridgehead atoms. The zero-order chi connectivity index (χ0) is 21.4. The van der Waals surface area contributed by atoms with Crippen LogP contribution in [0.15, 0.2) is 24.3 Å². The summed E-state index contributed by atoms with van der Waals surface area (Å²) in [6, 6.07) is 5.22. The molecule has 2 heterocycles. The number of ether oxygens (including phenoxy) is 1. The van der Waals surface area contributed by atoms with Gasteiger partial charge in [0.1, 0.15) is 23.1 Å². The van der Waals surface area contributed by atoms with E-state index in [1.165, 1.54) is 6.07 Å². The largest absolute Gasteiger partial charge is 0.439 e. The molecule has 0 unspecified atom stereocenters. The van der Waals surface area contributed by atoms with Crippen molar-refractivity contribution < 1.29 is 22.7 Å². The predicted molar refractivity (Wildman–Crippen MR) is 102 cm³/mol. The molecule has 1 fully saturated rings. The highest BCUT2D eigenvalue weighted by molar-refractivity contribution is 5.87. The second kappa shape index (κ2) is 7.94. The van der Waals surface area contributed by atoms with Crippen LogP contribution in [0.5, 0.6) is 11.6 Å². The fourth-order valence-corrected chi connectivity index (χ4v) is 3.22. The molecular weight excluding hydrogens is 399 g/mol. The van der Waals surface area contributed by atoms with Gasteiger partial charge in [0, 0.05) is 24.2 Å². The zero-order valence-corrected chi connectivity index (χ0v) is 16.1. The molecule has 1 aromatic carbocycles. The number of imidazole rings is 1. The molecule has 10 heteroatoms. The minimum Gasteiger partial charge on any atom is -0.439 e. The van der Waals surface area contributed by atoms with Crippen molar-refractivity contribution in [3.05, 3.63) is 53.6 Å². The Kier molecular flexibility index (Phi) is 5.33. The van der Waals surface area contributed by atoms with E-state index in [0.29, 0.717) is 23.0 Å². The van der Waals surface area contributed by atoms with Crippen molar-refractivity contribution in [3.63, 3.8) is 0 Å². The van der Waals surface area contributed by atoms with Gasteiger partial charge < -0.3 is 15.0 Å². The van der Waals surface area contributed by atoms with Crippen molar-refractivity contribution in [3.8, 4) is 11.6 Å². The van der Waals surface area contributed by atoms with E-state index < -0.39 is 23.4 Å². The van der Waals surface area contributed by atoms with Crippen LogP contribution in [0.4, 0.5) is 13.2 Å². The summed E-state index contributed by atoms with van der Waals surface area (Å²) >= 11 is 0. The van der Waals surface area contributed by atoms with E-state index in [1.54, 1.807) is 13.0 Å². The number of benzene rings is 1. The summed E-state index contributed by atoms with van der Waals surface area (Å²) in [6.45, 7) is 1.87. The minimum atomic E-state index is -1.56. The van der Waals surface area contributed by atoms with Crippen molar-refractivity contribution in [1.82, 2.24) is 19.9 Å². The van der Waals surface area contributed by atoms with Gasteiger partial charge in [-0.25, -0.2) is 18.2 Å². The number of primary amides is 1. The lowest BCUT2D eigenvalue weighted by Gasteiger charge is -2.29. The van der Waals surface area contributed by atoms with E-state index in [-0.39, 0.29) is 24.2 Å². The molecule has 1 aliphatic rings. The second-order valence-electron chi connectivity index (χ2n) is 7.12. The first kappa shape index (κ1) is 20.1. The Morgan fingerprint density at radius 1 is 1.23 bits per heavy atom. The van der Waals surface area contributed by atoms with Gasteiger partial charge in [0.15, 0.2) is 23.1 Å². The molecule has 0 aliphatic heterocycles. The van der Waals surface area contributed by atoms with E-state index in [9.17, 15) is 18.0 Å². The van der Waals surface area contributed by atoms with Gasteiger partial charge in [-0.2, -0.15) is 4.98 Å². The van der Waals surface area contributed by atoms with Crippen LogP contribution in [-0.2, 0) is 11.3 Å². The minimum absolute atomic E-state index is 0.0905. The first-order chi connectivity index (χ1) is 14.3. The standard InChI is InChI=1S/C20H19F3N5O2/c1-10(19(24)29)25-9-16-26-15-5-6-17(27-20(15)28(16)11-3-2-4-11)30-12-7-13(21)18(23)14(22)8-12/h5-8,11,25H,2-4,9H2,1H3,(H2,24,29). The number of hydrogen-bond donors (Lipinski definition) is 2. The van der Waals surface area contributed by atoms with E-state index >= 15 is 0 Å². The number of carbonyl (C=O) groups excluding carboxylic acids is 1. The van der Waals surface area contributed by atoms with Gasteiger partial charge in [0.25, 0.3) is 0 Å². The van der Waals surface area contributed by atoms with Crippen molar-refractivity contribution in [1.29, 1.82) is 0 Å². The molecule has 7 nitrogen and oxygen atoms in total. The summed E-state index contributed by atoms with van der Waals surface area (Å²) in [4.78, 5) is 20.3. The third kappa shape index (κ3) is 3.82. The third-order valence-corrected chi connectivity index (χ3v) is 5.09. The zero-order valence-electron chi connectivity index (χ0n) is 16.1. The molecule has 157 valence electrons. The Hall–Kier alpha value is -3.14. The first-order valence-corrected chi connectivity index (χ1v) is 9.41. The summed E-state index contributed by atoms with van der Waals surface area (Å²) in [6.07, 6.45) is 2.99. The van der Waals surface area contributed by atoms with Crippen molar-refractivity contribution in [2.45, 2.75) is 38.8 Å². The van der Waals surface area contributed by atoms with E-state index in [4.69, 9.17) is 10.5 Å². The first-order valence-electron chi connectivity index (χ1n) is 9.41. The number of aromatic nitrogens is 3. The predicted octanol–water partition coefficient (Wildman–Crippen LogP) is 3.49. The summed E-state index contributed by atoms with van der Waals surface area (Å²) in [5, 5.41) is 2.96. The fourth-order valence-electron chi connectivity index (χ4n) is 3.22. The molecule has 0 saturated heterocycles.